The fraction of sp³-hybridized carbons (Fsp3) is 0.750. The van der Waals surface area contributed by atoms with Crippen molar-refractivity contribution in [1.82, 2.24) is 0 Å². The highest BCUT2D eigenvalue weighted by Crippen LogP contribution is 2.10. The van der Waals surface area contributed by atoms with Gasteiger partial charge in [0.25, 0.3) is 10.1 Å². The third kappa shape index (κ3) is 5.32. The Kier molecular flexibility index (Phi) is 4.49. The molecule has 1 atom stereocenters. The first-order chi connectivity index (χ1) is 5.37. The summed E-state index contributed by atoms with van der Waals surface area (Å²) < 4.78 is 26.5. The largest absolute Gasteiger partial charge is 0.289 e. The van der Waals surface area contributed by atoms with Gasteiger partial charge in [0.15, 0.2) is 0 Å². The number of hydrogen-bond acceptors (Lipinski definition) is 3. The molecule has 0 aromatic carbocycles. The van der Waals surface area contributed by atoms with Crippen LogP contribution in [0.25, 0.3) is 0 Å². The van der Waals surface area contributed by atoms with Crippen LogP contribution in [0.5, 0.6) is 0 Å². The molecule has 0 N–H and O–H groups in total. The van der Waals surface area contributed by atoms with Crippen LogP contribution in [-0.4, -0.2) is 14.5 Å². The zero-order chi connectivity index (χ0) is 9.78. The van der Waals surface area contributed by atoms with Crippen molar-refractivity contribution in [2.45, 2.75) is 33.3 Å². The van der Waals surface area contributed by atoms with Crippen molar-refractivity contribution >= 4 is 10.1 Å². The van der Waals surface area contributed by atoms with Crippen LogP contribution in [0.1, 0.15) is 27.2 Å². The van der Waals surface area contributed by atoms with Crippen LogP contribution in [0.4, 0.5) is 0 Å². The molecule has 0 aromatic rings. The summed E-state index contributed by atoms with van der Waals surface area (Å²) >= 11 is 0. The Morgan fingerprint density at radius 2 is 1.92 bits per heavy atom. The second kappa shape index (κ2) is 4.62. The molecule has 0 aromatic heterocycles. The molecule has 0 aliphatic rings. The highest BCUT2D eigenvalue weighted by atomic mass is 32.2. The molecule has 0 bridgehead atoms. The predicted molar refractivity (Wildman–Crippen MR) is 49.1 cm³/mol. The molecule has 0 amide bonds. The van der Waals surface area contributed by atoms with Gasteiger partial charge in [-0.25, -0.2) is 0 Å². The maximum atomic E-state index is 10.9. The van der Waals surface area contributed by atoms with Gasteiger partial charge in [-0.05, 0) is 19.3 Å². The van der Waals surface area contributed by atoms with E-state index in [0.29, 0.717) is 5.92 Å². The minimum Gasteiger partial charge on any atom is -0.264 e. The summed E-state index contributed by atoms with van der Waals surface area (Å²) in [6.45, 7) is 8.92. The van der Waals surface area contributed by atoms with E-state index in [2.05, 4.69) is 6.58 Å². The van der Waals surface area contributed by atoms with E-state index in [1.165, 1.54) is 0 Å². The normalized spacial score (nSPS) is 14.7. The lowest BCUT2D eigenvalue weighted by Crippen LogP contribution is -2.15. The third-order valence-corrected chi connectivity index (χ3v) is 2.31. The Labute approximate surface area is 74.6 Å². The van der Waals surface area contributed by atoms with E-state index < -0.39 is 10.1 Å². The summed E-state index contributed by atoms with van der Waals surface area (Å²) in [5, 5.41) is 0.823. The lowest BCUT2D eigenvalue weighted by molar-refractivity contribution is 0.204. The first-order valence-corrected chi connectivity index (χ1v) is 5.40. The average Bonchev–Trinajstić information content (AvgIpc) is 1.84. The summed E-state index contributed by atoms with van der Waals surface area (Å²) in [4.78, 5) is 0. The monoisotopic (exact) mass is 192 g/mol. The summed E-state index contributed by atoms with van der Waals surface area (Å²) in [5.41, 5.74) is 0. The van der Waals surface area contributed by atoms with Crippen molar-refractivity contribution in [3.05, 3.63) is 12.0 Å². The SMILES string of the molecule is C=CS(=O)(=O)OC(C)CC(C)C. The maximum Gasteiger partial charge on any atom is 0.289 e. The van der Waals surface area contributed by atoms with Gasteiger partial charge in [0.1, 0.15) is 0 Å². The molecule has 0 spiro atoms. The second-order valence-electron chi connectivity index (χ2n) is 3.20. The van der Waals surface area contributed by atoms with Crippen molar-refractivity contribution in [1.29, 1.82) is 0 Å². The fourth-order valence-corrected chi connectivity index (χ4v) is 1.59. The van der Waals surface area contributed by atoms with Crippen LogP contribution >= 0.6 is 0 Å². The van der Waals surface area contributed by atoms with Crippen LogP contribution in [0.15, 0.2) is 12.0 Å². The quantitative estimate of drug-likeness (QED) is 0.625. The van der Waals surface area contributed by atoms with E-state index in [1.54, 1.807) is 6.92 Å². The maximum absolute atomic E-state index is 10.9. The topological polar surface area (TPSA) is 43.4 Å². The average molecular weight is 192 g/mol. The minimum absolute atomic E-state index is 0.270. The van der Waals surface area contributed by atoms with Gasteiger partial charge in [-0.15, -0.1) is 0 Å². The van der Waals surface area contributed by atoms with Crippen molar-refractivity contribution in [3.8, 4) is 0 Å². The van der Waals surface area contributed by atoms with Crippen LogP contribution in [-0.2, 0) is 14.3 Å². The zero-order valence-electron chi connectivity index (χ0n) is 7.78. The van der Waals surface area contributed by atoms with Gasteiger partial charge in [-0.3, -0.25) is 4.18 Å². The van der Waals surface area contributed by atoms with Gasteiger partial charge in [-0.1, -0.05) is 20.4 Å². The van der Waals surface area contributed by atoms with E-state index in [9.17, 15) is 8.42 Å². The van der Waals surface area contributed by atoms with Gasteiger partial charge < -0.3 is 0 Å². The minimum atomic E-state index is -3.50. The highest BCUT2D eigenvalue weighted by Gasteiger charge is 2.12. The molecule has 0 fully saturated rings. The molecule has 0 saturated carbocycles. The number of rotatable bonds is 5. The molecular formula is C8H16O3S. The van der Waals surface area contributed by atoms with Crippen LogP contribution in [0, 0.1) is 5.92 Å². The van der Waals surface area contributed by atoms with E-state index in [-0.39, 0.29) is 6.10 Å². The molecule has 1 unspecified atom stereocenters. The second-order valence-corrected chi connectivity index (χ2v) is 4.71. The van der Waals surface area contributed by atoms with Gasteiger partial charge in [0.2, 0.25) is 0 Å². The van der Waals surface area contributed by atoms with E-state index in [1.807, 2.05) is 13.8 Å². The fourth-order valence-electron chi connectivity index (χ4n) is 0.971. The summed E-state index contributed by atoms with van der Waals surface area (Å²) in [6.07, 6.45) is 0.459. The van der Waals surface area contributed by atoms with Crippen molar-refractivity contribution in [2.24, 2.45) is 5.92 Å². The lowest BCUT2D eigenvalue weighted by atomic mass is 10.1. The molecule has 0 saturated heterocycles. The Morgan fingerprint density at radius 1 is 1.42 bits per heavy atom. The Hall–Kier alpha value is -0.350. The van der Waals surface area contributed by atoms with Gasteiger partial charge >= 0.3 is 0 Å². The lowest BCUT2D eigenvalue weighted by Gasteiger charge is -2.12. The molecule has 0 radical (unpaired) electrons. The van der Waals surface area contributed by atoms with Crippen molar-refractivity contribution in [3.63, 3.8) is 0 Å². The Morgan fingerprint density at radius 3 is 2.25 bits per heavy atom. The Bertz CT molecular complexity index is 229. The molecule has 0 aliphatic carbocycles. The third-order valence-electron chi connectivity index (χ3n) is 1.31. The molecule has 72 valence electrons. The zero-order valence-corrected chi connectivity index (χ0v) is 8.60. The highest BCUT2D eigenvalue weighted by molar-refractivity contribution is 7.89. The molecule has 0 rings (SSSR count). The summed E-state index contributed by atoms with van der Waals surface area (Å²) in [6, 6.07) is 0. The van der Waals surface area contributed by atoms with Gasteiger partial charge in [0.05, 0.1) is 11.5 Å². The summed E-state index contributed by atoms with van der Waals surface area (Å²) in [5.74, 6) is 0.431. The van der Waals surface area contributed by atoms with E-state index in [0.717, 1.165) is 11.8 Å². The van der Waals surface area contributed by atoms with Crippen molar-refractivity contribution < 1.29 is 12.6 Å². The van der Waals surface area contributed by atoms with E-state index >= 15 is 0 Å². The Balaban J connectivity index is 4.01. The van der Waals surface area contributed by atoms with E-state index in [4.69, 9.17) is 4.18 Å². The summed E-state index contributed by atoms with van der Waals surface area (Å²) in [7, 11) is -3.50. The van der Waals surface area contributed by atoms with Crippen molar-refractivity contribution in [2.75, 3.05) is 0 Å². The van der Waals surface area contributed by atoms with Crippen LogP contribution in [0.2, 0.25) is 0 Å². The van der Waals surface area contributed by atoms with Crippen LogP contribution in [0.3, 0.4) is 0 Å². The van der Waals surface area contributed by atoms with Gasteiger partial charge in [0, 0.05) is 0 Å². The molecular weight excluding hydrogens is 176 g/mol. The standard InChI is InChI=1S/C8H16O3S/c1-5-12(9,10)11-8(4)6-7(2)3/h5,7-8H,1,6H2,2-4H3. The molecule has 3 nitrogen and oxygen atoms in total. The first-order valence-electron chi connectivity index (χ1n) is 3.93. The number of hydrogen-bond donors (Lipinski definition) is 0. The van der Waals surface area contributed by atoms with Gasteiger partial charge in [-0.2, -0.15) is 8.42 Å². The predicted octanol–water partition coefficient (Wildman–Crippen LogP) is 1.91. The molecule has 0 heterocycles. The molecule has 4 heteroatoms. The first kappa shape index (κ1) is 11.6. The smallest absolute Gasteiger partial charge is 0.264 e. The molecule has 12 heavy (non-hydrogen) atoms. The molecule has 0 aliphatic heterocycles. The van der Waals surface area contributed by atoms with Crippen LogP contribution < -0.4 is 0 Å².